The van der Waals surface area contributed by atoms with Crippen LogP contribution in [0.15, 0.2) is 0 Å². The number of hydrazine groups is 1. The summed E-state index contributed by atoms with van der Waals surface area (Å²) in [6, 6.07) is 0. The number of likely N-dealkylation sites (tertiary alicyclic amines) is 1. The number of rotatable bonds is 4. The number of carbonyl (C=O) groups is 3. The monoisotopic (exact) mass is 326 g/mol. The standard InChI is InChI=1S/C14H22N4O3S/c1-2-15-14(22)17-16-11(19)7-8-18-12(20)9-5-3-4-6-10(9)13(18)21/h9-10H,2-8H2,1H3,(H,16,19)(H2,15,17,22)/t9-,10+. The molecule has 122 valence electrons. The van der Waals surface area contributed by atoms with Crippen molar-refractivity contribution in [2.45, 2.75) is 39.0 Å². The van der Waals surface area contributed by atoms with Crippen molar-refractivity contribution in [3.63, 3.8) is 0 Å². The molecular formula is C14H22N4O3S. The lowest BCUT2D eigenvalue weighted by molar-refractivity contribution is -0.140. The molecule has 2 atom stereocenters. The van der Waals surface area contributed by atoms with Crippen LogP contribution in [-0.4, -0.2) is 40.8 Å². The summed E-state index contributed by atoms with van der Waals surface area (Å²) in [5, 5.41) is 3.16. The van der Waals surface area contributed by atoms with Crippen LogP contribution in [0.3, 0.4) is 0 Å². The largest absolute Gasteiger partial charge is 0.362 e. The molecule has 22 heavy (non-hydrogen) atoms. The van der Waals surface area contributed by atoms with Gasteiger partial charge in [0.25, 0.3) is 0 Å². The van der Waals surface area contributed by atoms with Crippen LogP contribution in [0.4, 0.5) is 0 Å². The van der Waals surface area contributed by atoms with E-state index in [4.69, 9.17) is 12.2 Å². The highest BCUT2D eigenvalue weighted by atomic mass is 32.1. The topological polar surface area (TPSA) is 90.5 Å². The zero-order valence-corrected chi connectivity index (χ0v) is 13.5. The predicted octanol–water partition coefficient (Wildman–Crippen LogP) is 0.0669. The Labute approximate surface area is 135 Å². The van der Waals surface area contributed by atoms with Crippen LogP contribution >= 0.6 is 12.2 Å². The third-order valence-electron chi connectivity index (χ3n) is 4.15. The summed E-state index contributed by atoms with van der Waals surface area (Å²) in [5.41, 5.74) is 5.01. The van der Waals surface area contributed by atoms with Crippen molar-refractivity contribution in [1.82, 2.24) is 21.1 Å². The molecule has 2 rings (SSSR count). The van der Waals surface area contributed by atoms with Gasteiger partial charge in [0.15, 0.2) is 5.11 Å². The number of nitrogens with one attached hydrogen (secondary N) is 3. The Morgan fingerprint density at radius 2 is 1.77 bits per heavy atom. The SMILES string of the molecule is CCNC(=S)NNC(=O)CCN1C(=O)[C@H]2CCCC[C@H]2C1=O. The summed E-state index contributed by atoms with van der Waals surface area (Å²) in [6.45, 7) is 2.67. The van der Waals surface area contributed by atoms with Gasteiger partial charge in [-0.2, -0.15) is 0 Å². The van der Waals surface area contributed by atoms with E-state index in [2.05, 4.69) is 16.2 Å². The molecule has 2 aliphatic rings. The maximum atomic E-state index is 12.2. The van der Waals surface area contributed by atoms with E-state index in [1.165, 1.54) is 4.90 Å². The number of amides is 3. The third kappa shape index (κ3) is 3.73. The van der Waals surface area contributed by atoms with E-state index in [9.17, 15) is 14.4 Å². The molecule has 0 bridgehead atoms. The number of fused-ring (bicyclic) bond motifs is 1. The quantitative estimate of drug-likeness (QED) is 0.385. The fourth-order valence-corrected chi connectivity index (χ4v) is 3.25. The van der Waals surface area contributed by atoms with Gasteiger partial charge in [-0.15, -0.1) is 0 Å². The molecule has 2 fully saturated rings. The fourth-order valence-electron chi connectivity index (χ4n) is 3.06. The summed E-state index contributed by atoms with van der Waals surface area (Å²) in [7, 11) is 0. The first-order valence-corrected chi connectivity index (χ1v) is 8.13. The average Bonchev–Trinajstić information content (AvgIpc) is 2.76. The minimum Gasteiger partial charge on any atom is -0.362 e. The molecule has 1 saturated heterocycles. The van der Waals surface area contributed by atoms with Gasteiger partial charge in [-0.05, 0) is 32.0 Å². The maximum Gasteiger partial charge on any atom is 0.240 e. The second-order valence-electron chi connectivity index (χ2n) is 5.61. The molecule has 1 aliphatic carbocycles. The molecule has 3 N–H and O–H groups in total. The van der Waals surface area contributed by atoms with Crippen LogP contribution in [0.2, 0.25) is 0 Å². The lowest BCUT2D eigenvalue weighted by Gasteiger charge is -2.19. The summed E-state index contributed by atoms with van der Waals surface area (Å²) < 4.78 is 0. The van der Waals surface area contributed by atoms with E-state index < -0.39 is 0 Å². The van der Waals surface area contributed by atoms with Crippen LogP contribution in [0, 0.1) is 11.8 Å². The van der Waals surface area contributed by atoms with Gasteiger partial charge in [0.05, 0.1) is 11.8 Å². The molecule has 0 aromatic rings. The van der Waals surface area contributed by atoms with Gasteiger partial charge in [-0.25, -0.2) is 0 Å². The predicted molar refractivity (Wildman–Crippen MR) is 84.3 cm³/mol. The maximum absolute atomic E-state index is 12.2. The Kier molecular flexibility index (Phi) is 5.70. The number of hydrogen-bond acceptors (Lipinski definition) is 4. The van der Waals surface area contributed by atoms with Gasteiger partial charge in [0.1, 0.15) is 0 Å². The first kappa shape index (κ1) is 16.7. The van der Waals surface area contributed by atoms with E-state index >= 15 is 0 Å². The summed E-state index contributed by atoms with van der Waals surface area (Å²) in [4.78, 5) is 37.5. The Bertz CT molecular complexity index is 459. The van der Waals surface area contributed by atoms with Crippen molar-refractivity contribution >= 4 is 35.1 Å². The third-order valence-corrected chi connectivity index (χ3v) is 4.39. The molecule has 0 unspecified atom stereocenters. The molecule has 7 nitrogen and oxygen atoms in total. The lowest BCUT2D eigenvalue weighted by Crippen LogP contribution is -2.47. The van der Waals surface area contributed by atoms with Crippen LogP contribution < -0.4 is 16.2 Å². The van der Waals surface area contributed by atoms with Crippen LogP contribution in [0.25, 0.3) is 0 Å². The van der Waals surface area contributed by atoms with E-state index in [0.29, 0.717) is 11.7 Å². The number of carbonyl (C=O) groups excluding carboxylic acids is 3. The number of thiocarbonyl (C=S) groups is 1. The Morgan fingerprint density at radius 3 is 2.32 bits per heavy atom. The summed E-state index contributed by atoms with van der Waals surface area (Å²) in [5.74, 6) is -0.861. The minimum atomic E-state index is -0.310. The van der Waals surface area contributed by atoms with Crippen molar-refractivity contribution in [2.24, 2.45) is 11.8 Å². The van der Waals surface area contributed by atoms with Crippen molar-refractivity contribution in [1.29, 1.82) is 0 Å². The highest BCUT2D eigenvalue weighted by Gasteiger charge is 2.47. The molecule has 0 aromatic carbocycles. The van der Waals surface area contributed by atoms with Crippen molar-refractivity contribution in [2.75, 3.05) is 13.1 Å². The van der Waals surface area contributed by atoms with Gasteiger partial charge in [-0.1, -0.05) is 12.8 Å². The molecule has 0 aromatic heterocycles. The molecular weight excluding hydrogens is 304 g/mol. The van der Waals surface area contributed by atoms with Gasteiger partial charge >= 0.3 is 0 Å². The molecule has 1 saturated carbocycles. The van der Waals surface area contributed by atoms with Crippen LogP contribution in [0.1, 0.15) is 39.0 Å². The average molecular weight is 326 g/mol. The van der Waals surface area contributed by atoms with Gasteiger partial charge in [0.2, 0.25) is 17.7 Å². The zero-order chi connectivity index (χ0) is 16.1. The van der Waals surface area contributed by atoms with Gasteiger partial charge in [0, 0.05) is 19.5 Å². The smallest absolute Gasteiger partial charge is 0.240 e. The molecule has 1 heterocycles. The lowest BCUT2D eigenvalue weighted by atomic mass is 9.81. The van der Waals surface area contributed by atoms with Crippen molar-refractivity contribution in [3.05, 3.63) is 0 Å². The van der Waals surface area contributed by atoms with E-state index in [1.807, 2.05) is 6.92 Å². The molecule has 1 aliphatic heterocycles. The second-order valence-corrected chi connectivity index (χ2v) is 6.02. The number of hydrogen-bond donors (Lipinski definition) is 3. The first-order chi connectivity index (χ1) is 10.5. The first-order valence-electron chi connectivity index (χ1n) is 7.72. The Hall–Kier alpha value is -1.70. The van der Waals surface area contributed by atoms with Gasteiger partial charge in [-0.3, -0.25) is 30.1 Å². The summed E-state index contributed by atoms with van der Waals surface area (Å²) >= 11 is 4.91. The molecule has 8 heteroatoms. The Morgan fingerprint density at radius 1 is 1.18 bits per heavy atom. The fraction of sp³-hybridized carbons (Fsp3) is 0.714. The van der Waals surface area contributed by atoms with E-state index in [-0.39, 0.29) is 42.5 Å². The minimum absolute atomic E-state index is 0.0681. The molecule has 3 amide bonds. The van der Waals surface area contributed by atoms with Gasteiger partial charge < -0.3 is 5.32 Å². The highest BCUT2D eigenvalue weighted by Crippen LogP contribution is 2.37. The van der Waals surface area contributed by atoms with E-state index in [1.54, 1.807) is 0 Å². The Balaban J connectivity index is 1.79. The van der Waals surface area contributed by atoms with Crippen LogP contribution in [-0.2, 0) is 14.4 Å². The van der Waals surface area contributed by atoms with E-state index in [0.717, 1.165) is 25.7 Å². The summed E-state index contributed by atoms with van der Waals surface area (Å²) in [6.07, 6.45) is 3.65. The highest BCUT2D eigenvalue weighted by molar-refractivity contribution is 7.80. The molecule has 0 spiro atoms. The van der Waals surface area contributed by atoms with Crippen molar-refractivity contribution < 1.29 is 14.4 Å². The normalized spacial score (nSPS) is 24.0. The number of nitrogens with zero attached hydrogens (tertiary/aromatic N) is 1. The molecule has 0 radical (unpaired) electrons. The van der Waals surface area contributed by atoms with Crippen molar-refractivity contribution in [3.8, 4) is 0 Å². The second kappa shape index (κ2) is 7.53. The van der Waals surface area contributed by atoms with Crippen LogP contribution in [0.5, 0.6) is 0 Å². The zero-order valence-electron chi connectivity index (χ0n) is 12.7. The number of imide groups is 1.